The number of nitrogens with zero attached hydrogens (tertiary/aromatic N) is 2. The van der Waals surface area contributed by atoms with E-state index < -0.39 is 0 Å². The SMILES string of the molecule is CCCCC(N)c1nc(CSc2ccc(Br)cc2)no1. The Kier molecular flexibility index (Phi) is 6.06. The van der Waals surface area contributed by atoms with Crippen LogP contribution in [0.1, 0.15) is 43.9 Å². The summed E-state index contributed by atoms with van der Waals surface area (Å²) in [4.78, 5) is 5.54. The molecular weight excluding hydrogens is 338 g/mol. The highest BCUT2D eigenvalue weighted by molar-refractivity contribution is 9.10. The molecule has 0 spiro atoms. The van der Waals surface area contributed by atoms with Gasteiger partial charge in [0.2, 0.25) is 5.89 Å². The predicted octanol–water partition coefficient (Wildman–Crippen LogP) is 4.31. The third-order valence-electron chi connectivity index (χ3n) is 2.85. The molecule has 0 aliphatic rings. The average molecular weight is 356 g/mol. The maximum atomic E-state index is 6.01. The van der Waals surface area contributed by atoms with E-state index in [0.717, 1.165) is 23.7 Å². The van der Waals surface area contributed by atoms with E-state index in [1.165, 1.54) is 4.90 Å². The monoisotopic (exact) mass is 355 g/mol. The number of halogens is 1. The number of benzene rings is 1. The van der Waals surface area contributed by atoms with Crippen LogP contribution in [-0.4, -0.2) is 10.1 Å². The van der Waals surface area contributed by atoms with Gasteiger partial charge in [-0.25, -0.2) is 0 Å². The second-order valence-electron chi connectivity index (χ2n) is 4.54. The molecule has 0 aliphatic heterocycles. The Bertz CT molecular complexity index is 529. The van der Waals surface area contributed by atoms with E-state index in [1.54, 1.807) is 11.8 Å². The summed E-state index contributed by atoms with van der Waals surface area (Å²) in [6.45, 7) is 2.14. The second-order valence-corrected chi connectivity index (χ2v) is 6.50. The van der Waals surface area contributed by atoms with Gasteiger partial charge in [0.25, 0.3) is 0 Å². The van der Waals surface area contributed by atoms with Crippen LogP contribution in [-0.2, 0) is 5.75 Å². The van der Waals surface area contributed by atoms with E-state index in [1.807, 2.05) is 12.1 Å². The van der Waals surface area contributed by atoms with Gasteiger partial charge in [-0.3, -0.25) is 0 Å². The molecule has 0 saturated heterocycles. The number of unbranched alkanes of at least 4 members (excludes halogenated alkanes) is 1. The van der Waals surface area contributed by atoms with Crippen molar-refractivity contribution in [2.24, 2.45) is 5.73 Å². The zero-order chi connectivity index (χ0) is 14.4. The standard InChI is InChI=1S/C14H18BrN3OS/c1-2-3-4-12(16)14-17-13(18-19-14)9-20-11-7-5-10(15)6-8-11/h5-8,12H,2-4,9,16H2,1H3. The molecule has 0 aliphatic carbocycles. The van der Waals surface area contributed by atoms with Crippen LogP contribution in [0.25, 0.3) is 0 Å². The lowest BCUT2D eigenvalue weighted by molar-refractivity contribution is 0.343. The Hall–Kier alpha value is -0.850. The van der Waals surface area contributed by atoms with Crippen molar-refractivity contribution in [3.8, 4) is 0 Å². The van der Waals surface area contributed by atoms with Gasteiger partial charge in [-0.2, -0.15) is 4.98 Å². The summed E-state index contributed by atoms with van der Waals surface area (Å²) >= 11 is 5.10. The van der Waals surface area contributed by atoms with E-state index in [9.17, 15) is 0 Å². The molecule has 2 rings (SSSR count). The topological polar surface area (TPSA) is 64.9 Å². The molecule has 2 aromatic rings. The summed E-state index contributed by atoms with van der Waals surface area (Å²) in [6, 6.07) is 8.01. The molecule has 1 heterocycles. The molecular formula is C14H18BrN3OS. The summed E-state index contributed by atoms with van der Waals surface area (Å²) in [5.74, 6) is 1.93. The zero-order valence-corrected chi connectivity index (χ0v) is 13.8. The number of thioether (sulfide) groups is 1. The smallest absolute Gasteiger partial charge is 0.243 e. The summed E-state index contributed by atoms with van der Waals surface area (Å²) in [6.07, 6.45) is 3.08. The molecule has 4 nitrogen and oxygen atoms in total. The van der Waals surface area contributed by atoms with Crippen LogP contribution in [0.5, 0.6) is 0 Å². The van der Waals surface area contributed by atoms with Crippen LogP contribution in [0.3, 0.4) is 0 Å². The number of hydrogen-bond acceptors (Lipinski definition) is 5. The summed E-state index contributed by atoms with van der Waals surface area (Å²) in [7, 11) is 0. The van der Waals surface area contributed by atoms with E-state index in [2.05, 4.69) is 45.1 Å². The fourth-order valence-electron chi connectivity index (χ4n) is 1.70. The Morgan fingerprint density at radius 3 is 2.80 bits per heavy atom. The van der Waals surface area contributed by atoms with Crippen molar-refractivity contribution in [3.05, 3.63) is 40.5 Å². The molecule has 0 bridgehead atoms. The molecule has 0 amide bonds. The van der Waals surface area contributed by atoms with Crippen molar-refractivity contribution in [2.45, 2.75) is 42.9 Å². The first-order chi connectivity index (χ1) is 9.69. The van der Waals surface area contributed by atoms with Crippen molar-refractivity contribution in [2.75, 3.05) is 0 Å². The lowest BCUT2D eigenvalue weighted by Crippen LogP contribution is -2.10. The van der Waals surface area contributed by atoms with Gasteiger partial charge in [0.1, 0.15) is 0 Å². The largest absolute Gasteiger partial charge is 0.338 e. The van der Waals surface area contributed by atoms with Crippen molar-refractivity contribution in [1.29, 1.82) is 0 Å². The maximum absolute atomic E-state index is 6.01. The van der Waals surface area contributed by atoms with Crippen molar-refractivity contribution < 1.29 is 4.52 Å². The van der Waals surface area contributed by atoms with Crippen molar-refractivity contribution >= 4 is 27.7 Å². The van der Waals surface area contributed by atoms with Gasteiger partial charge >= 0.3 is 0 Å². The molecule has 108 valence electrons. The van der Waals surface area contributed by atoms with Gasteiger partial charge in [0.15, 0.2) is 5.82 Å². The Labute approximate surface area is 131 Å². The Morgan fingerprint density at radius 1 is 1.35 bits per heavy atom. The van der Waals surface area contributed by atoms with Gasteiger partial charge < -0.3 is 10.3 Å². The highest BCUT2D eigenvalue weighted by Gasteiger charge is 2.14. The van der Waals surface area contributed by atoms with Crippen LogP contribution >= 0.6 is 27.7 Å². The van der Waals surface area contributed by atoms with Gasteiger partial charge in [0.05, 0.1) is 11.8 Å². The van der Waals surface area contributed by atoms with Crippen LogP contribution in [0, 0.1) is 0 Å². The average Bonchev–Trinajstić information content (AvgIpc) is 2.93. The third kappa shape index (κ3) is 4.61. The van der Waals surface area contributed by atoms with E-state index in [4.69, 9.17) is 10.3 Å². The molecule has 1 aromatic carbocycles. The lowest BCUT2D eigenvalue weighted by atomic mass is 10.1. The Balaban J connectivity index is 1.87. The minimum atomic E-state index is -0.145. The number of aromatic nitrogens is 2. The number of nitrogens with two attached hydrogens (primary N) is 1. The third-order valence-corrected chi connectivity index (χ3v) is 4.39. The molecule has 20 heavy (non-hydrogen) atoms. The highest BCUT2D eigenvalue weighted by Crippen LogP contribution is 2.24. The molecule has 0 fully saturated rings. The van der Waals surface area contributed by atoms with E-state index in [-0.39, 0.29) is 6.04 Å². The summed E-state index contributed by atoms with van der Waals surface area (Å²) in [5.41, 5.74) is 6.01. The molecule has 1 aromatic heterocycles. The minimum Gasteiger partial charge on any atom is -0.338 e. The second kappa shape index (κ2) is 7.81. The van der Waals surface area contributed by atoms with Crippen molar-refractivity contribution in [1.82, 2.24) is 10.1 Å². The van der Waals surface area contributed by atoms with Crippen molar-refractivity contribution in [3.63, 3.8) is 0 Å². The van der Waals surface area contributed by atoms with Gasteiger partial charge in [0, 0.05) is 9.37 Å². The fraction of sp³-hybridized carbons (Fsp3) is 0.429. The normalized spacial score (nSPS) is 12.6. The lowest BCUT2D eigenvalue weighted by Gasteiger charge is -2.03. The van der Waals surface area contributed by atoms with Crippen LogP contribution in [0.4, 0.5) is 0 Å². The zero-order valence-electron chi connectivity index (χ0n) is 11.4. The Morgan fingerprint density at radius 2 is 2.10 bits per heavy atom. The van der Waals surface area contributed by atoms with Gasteiger partial charge in [-0.1, -0.05) is 40.9 Å². The van der Waals surface area contributed by atoms with E-state index >= 15 is 0 Å². The predicted molar refractivity (Wildman–Crippen MR) is 84.5 cm³/mol. The molecule has 0 saturated carbocycles. The first kappa shape index (κ1) is 15.5. The van der Waals surface area contributed by atoms with Crippen LogP contribution in [0.2, 0.25) is 0 Å². The van der Waals surface area contributed by atoms with Gasteiger partial charge in [-0.15, -0.1) is 11.8 Å². The number of rotatable bonds is 7. The fourth-order valence-corrected chi connectivity index (χ4v) is 2.71. The maximum Gasteiger partial charge on any atom is 0.243 e. The summed E-state index contributed by atoms with van der Waals surface area (Å²) in [5, 5.41) is 3.98. The molecule has 1 atom stereocenters. The number of hydrogen-bond donors (Lipinski definition) is 1. The molecule has 1 unspecified atom stereocenters. The van der Waals surface area contributed by atoms with Gasteiger partial charge in [-0.05, 0) is 30.7 Å². The molecule has 0 radical (unpaired) electrons. The first-order valence-electron chi connectivity index (χ1n) is 6.65. The first-order valence-corrected chi connectivity index (χ1v) is 8.43. The van der Waals surface area contributed by atoms with Crippen LogP contribution in [0.15, 0.2) is 38.2 Å². The minimum absolute atomic E-state index is 0.145. The summed E-state index contributed by atoms with van der Waals surface area (Å²) < 4.78 is 6.30. The quantitative estimate of drug-likeness (QED) is 0.749. The van der Waals surface area contributed by atoms with Crippen LogP contribution < -0.4 is 5.73 Å². The molecule has 6 heteroatoms. The molecule has 2 N–H and O–H groups in total. The highest BCUT2D eigenvalue weighted by atomic mass is 79.9. The van der Waals surface area contributed by atoms with E-state index in [0.29, 0.717) is 17.5 Å².